The number of fused-ring (bicyclic) bond motifs is 1. The Kier molecular flexibility index (Phi) is 9.47. The normalized spacial score (nSPS) is 10.4. The van der Waals surface area contributed by atoms with E-state index < -0.39 is 12.1 Å². The van der Waals surface area contributed by atoms with Gasteiger partial charge in [0.2, 0.25) is 0 Å². The van der Waals surface area contributed by atoms with Gasteiger partial charge in [0.1, 0.15) is 18.1 Å². The van der Waals surface area contributed by atoms with Gasteiger partial charge in [0.15, 0.2) is 0 Å². The van der Waals surface area contributed by atoms with Crippen LogP contribution in [0.5, 0.6) is 11.5 Å². The van der Waals surface area contributed by atoms with Crippen molar-refractivity contribution in [3.63, 3.8) is 0 Å². The second-order valence-electron chi connectivity index (χ2n) is 5.72. The maximum atomic E-state index is 12.0. The molecule has 2 aromatic carbocycles. The molecule has 1 N–H and O–H groups in total. The Balaban J connectivity index is 1.62. The second kappa shape index (κ2) is 12.4. The van der Waals surface area contributed by atoms with E-state index in [-0.39, 0.29) is 13.2 Å². The van der Waals surface area contributed by atoms with E-state index in [4.69, 9.17) is 23.7 Å². The third-order valence-electron chi connectivity index (χ3n) is 3.79. The van der Waals surface area contributed by atoms with Crippen LogP contribution in [0.2, 0.25) is 0 Å². The number of carbonyl (C=O) groups excluding carboxylic acids is 2. The highest BCUT2D eigenvalue weighted by molar-refractivity contribution is 5.94. The first-order valence-corrected chi connectivity index (χ1v) is 9.11. The molecule has 0 atom stereocenters. The van der Waals surface area contributed by atoms with Gasteiger partial charge in [-0.15, -0.1) is 0 Å². The van der Waals surface area contributed by atoms with Gasteiger partial charge in [-0.25, -0.2) is 9.59 Å². The monoisotopic (exact) mass is 403 g/mol. The Labute approximate surface area is 169 Å². The fraction of sp³-hybridized carbons (Fsp3) is 0.333. The van der Waals surface area contributed by atoms with E-state index in [2.05, 4.69) is 11.9 Å². The maximum absolute atomic E-state index is 12.0. The lowest BCUT2D eigenvalue weighted by atomic mass is 10.1. The third-order valence-corrected chi connectivity index (χ3v) is 3.79. The Hall–Kier alpha value is -3.10. The van der Waals surface area contributed by atoms with Crippen molar-refractivity contribution in [1.82, 2.24) is 5.32 Å². The maximum Gasteiger partial charge on any atom is 0.412 e. The van der Waals surface area contributed by atoms with Crippen LogP contribution >= 0.6 is 0 Å². The number of hydrogen-bond acceptors (Lipinski definition) is 7. The van der Waals surface area contributed by atoms with Gasteiger partial charge in [0, 0.05) is 23.4 Å². The summed E-state index contributed by atoms with van der Waals surface area (Å²) in [4.78, 5) is 22.8. The fourth-order valence-corrected chi connectivity index (χ4v) is 2.45. The van der Waals surface area contributed by atoms with Gasteiger partial charge < -0.3 is 29.0 Å². The van der Waals surface area contributed by atoms with Crippen LogP contribution < -0.4 is 14.8 Å². The van der Waals surface area contributed by atoms with Crippen LogP contribution in [0.1, 0.15) is 0 Å². The Bertz CT molecular complexity index is 822. The van der Waals surface area contributed by atoms with Crippen molar-refractivity contribution in [2.24, 2.45) is 0 Å². The predicted octanol–water partition coefficient (Wildman–Crippen LogP) is 2.70. The van der Waals surface area contributed by atoms with E-state index in [1.54, 1.807) is 19.2 Å². The molecule has 0 heterocycles. The van der Waals surface area contributed by atoms with Gasteiger partial charge in [0.25, 0.3) is 0 Å². The van der Waals surface area contributed by atoms with Crippen LogP contribution in [0.4, 0.5) is 4.79 Å². The topological polar surface area (TPSA) is 92.3 Å². The molecule has 0 unspecified atom stereocenters. The highest BCUT2D eigenvalue weighted by atomic mass is 16.6. The molecule has 1 amide bonds. The number of amides is 1. The lowest BCUT2D eigenvalue weighted by Crippen LogP contribution is -2.30. The molecule has 8 heteroatoms. The summed E-state index contributed by atoms with van der Waals surface area (Å²) < 4.78 is 26.1. The van der Waals surface area contributed by atoms with Gasteiger partial charge in [-0.2, -0.15) is 0 Å². The van der Waals surface area contributed by atoms with Crippen LogP contribution in [-0.2, 0) is 19.0 Å². The van der Waals surface area contributed by atoms with Crippen LogP contribution in [0.25, 0.3) is 10.8 Å². The molecule has 0 bridgehead atoms. The molecule has 2 aromatic rings. The Morgan fingerprint density at radius 3 is 2.24 bits per heavy atom. The summed E-state index contributed by atoms with van der Waals surface area (Å²) in [6.45, 7) is 5.06. The summed E-state index contributed by atoms with van der Waals surface area (Å²) >= 11 is 0. The average molecular weight is 403 g/mol. The molecule has 0 aromatic heterocycles. The molecule has 0 aliphatic heterocycles. The quantitative estimate of drug-likeness (QED) is 0.331. The van der Waals surface area contributed by atoms with Gasteiger partial charge in [-0.1, -0.05) is 30.8 Å². The molecule has 0 aliphatic rings. The lowest BCUT2D eigenvalue weighted by molar-refractivity contribution is -0.139. The van der Waals surface area contributed by atoms with Crippen molar-refractivity contribution < 1.29 is 33.3 Å². The minimum absolute atomic E-state index is 0.165. The molecular weight excluding hydrogens is 378 g/mol. The smallest absolute Gasteiger partial charge is 0.412 e. The molecule has 0 saturated carbocycles. The third kappa shape index (κ3) is 7.44. The number of methoxy groups -OCH3 is 1. The number of benzene rings is 2. The van der Waals surface area contributed by atoms with Crippen LogP contribution in [-0.4, -0.2) is 58.8 Å². The number of carbonyl (C=O) groups is 2. The first-order chi connectivity index (χ1) is 14.2. The summed E-state index contributed by atoms with van der Waals surface area (Å²) in [5, 5.41) is 4.28. The van der Waals surface area contributed by atoms with E-state index in [1.807, 2.05) is 24.3 Å². The molecule has 29 heavy (non-hydrogen) atoms. The van der Waals surface area contributed by atoms with Crippen LogP contribution in [0, 0.1) is 0 Å². The highest BCUT2D eigenvalue weighted by Crippen LogP contribution is 2.32. The van der Waals surface area contributed by atoms with Crippen LogP contribution in [0.15, 0.2) is 49.1 Å². The average Bonchev–Trinajstić information content (AvgIpc) is 2.75. The minimum Gasteiger partial charge on any atom is -0.496 e. The van der Waals surface area contributed by atoms with E-state index in [9.17, 15) is 9.59 Å². The summed E-state index contributed by atoms with van der Waals surface area (Å²) in [5.41, 5.74) is 0. The fourth-order valence-electron chi connectivity index (χ4n) is 2.45. The molecular formula is C21H25NO7. The summed E-state index contributed by atoms with van der Waals surface area (Å²) in [5.74, 6) is 0.679. The van der Waals surface area contributed by atoms with E-state index in [0.717, 1.165) is 16.8 Å². The van der Waals surface area contributed by atoms with Gasteiger partial charge in [0.05, 0.1) is 33.5 Å². The van der Waals surface area contributed by atoms with Crippen LogP contribution in [0.3, 0.4) is 0 Å². The molecule has 0 spiro atoms. The zero-order valence-electron chi connectivity index (χ0n) is 16.3. The Morgan fingerprint density at radius 1 is 0.931 bits per heavy atom. The van der Waals surface area contributed by atoms with Gasteiger partial charge >= 0.3 is 12.1 Å². The van der Waals surface area contributed by atoms with E-state index in [1.165, 1.54) is 0 Å². The van der Waals surface area contributed by atoms with Crippen molar-refractivity contribution in [1.29, 1.82) is 0 Å². The zero-order chi connectivity index (χ0) is 20.9. The summed E-state index contributed by atoms with van der Waals surface area (Å²) in [6.07, 6.45) is 0.530. The largest absolute Gasteiger partial charge is 0.496 e. The standard InChI is InChI=1S/C21H25NO7/c1-3-20(23)28-15-14-27-13-12-26-11-10-22-21(24)29-19-9-8-18(25-2)16-6-4-5-7-17(16)19/h3-9H,1,10-15H2,2H3,(H,22,24). The predicted molar refractivity (Wildman–Crippen MR) is 107 cm³/mol. The molecule has 2 rings (SSSR count). The molecule has 8 nitrogen and oxygen atoms in total. The first-order valence-electron chi connectivity index (χ1n) is 9.11. The lowest BCUT2D eigenvalue weighted by Gasteiger charge is -2.11. The van der Waals surface area contributed by atoms with Crippen molar-refractivity contribution >= 4 is 22.8 Å². The molecule has 0 aliphatic carbocycles. The number of nitrogens with one attached hydrogen (secondary N) is 1. The molecule has 156 valence electrons. The molecule has 0 fully saturated rings. The van der Waals surface area contributed by atoms with Crippen molar-refractivity contribution in [2.45, 2.75) is 0 Å². The van der Waals surface area contributed by atoms with E-state index >= 15 is 0 Å². The zero-order valence-corrected chi connectivity index (χ0v) is 16.3. The minimum atomic E-state index is -0.566. The van der Waals surface area contributed by atoms with Crippen molar-refractivity contribution in [3.8, 4) is 11.5 Å². The van der Waals surface area contributed by atoms with Gasteiger partial charge in [-0.3, -0.25) is 0 Å². The molecule has 0 radical (unpaired) electrons. The molecule has 0 saturated heterocycles. The first kappa shape index (κ1) is 22.2. The van der Waals surface area contributed by atoms with Gasteiger partial charge in [-0.05, 0) is 12.1 Å². The second-order valence-corrected chi connectivity index (χ2v) is 5.72. The number of ether oxygens (including phenoxy) is 5. The summed E-state index contributed by atoms with van der Waals surface area (Å²) in [7, 11) is 1.59. The van der Waals surface area contributed by atoms with Crippen molar-refractivity contribution in [2.75, 3.05) is 46.7 Å². The van der Waals surface area contributed by atoms with E-state index in [0.29, 0.717) is 37.9 Å². The Morgan fingerprint density at radius 2 is 1.55 bits per heavy atom. The number of esters is 1. The highest BCUT2D eigenvalue weighted by Gasteiger charge is 2.10. The number of rotatable bonds is 12. The van der Waals surface area contributed by atoms with Crippen molar-refractivity contribution in [3.05, 3.63) is 49.1 Å². The summed E-state index contributed by atoms with van der Waals surface area (Å²) in [6, 6.07) is 11.0. The number of hydrogen-bond donors (Lipinski definition) is 1. The SMILES string of the molecule is C=CC(=O)OCCOCCOCCNC(=O)Oc1ccc(OC)c2ccccc12.